The molecule has 1 fully saturated rings. The number of thioether (sulfide) groups is 1. The molecule has 2 unspecified atom stereocenters. The smallest absolute Gasteiger partial charge is 0.356 e. The molecule has 0 saturated carbocycles. The summed E-state index contributed by atoms with van der Waals surface area (Å²) in [5, 5.41) is 17.9. The van der Waals surface area contributed by atoms with E-state index < -0.39 is 66.1 Å². The van der Waals surface area contributed by atoms with Gasteiger partial charge in [0.25, 0.3) is 5.91 Å². The number of aliphatic hydroxyl groups excluding tert-OH is 1. The predicted molar refractivity (Wildman–Crippen MR) is 227 cm³/mol. The fraction of sp³-hybridized carbons (Fsp3) is 0.213. The van der Waals surface area contributed by atoms with Crippen LogP contribution in [0, 0.1) is 0 Å². The van der Waals surface area contributed by atoms with Crippen molar-refractivity contribution < 1.29 is 38.6 Å². The van der Waals surface area contributed by atoms with Crippen LogP contribution in [-0.2, 0) is 28.7 Å². The standard InChI is InChI=1S/C47H44N4O8S/c52-29-35-30-60-44-39(43(54)51(44)40(35)46(56)59-42(33-21-10-3-11-22-33)34-23-12-4-13-24-34)50-38(53)28-16-27-37(49-47(57)48-36-25-14-5-15-26-36)45(55)58-41(31-17-6-1-7-18-31)32-19-8-2-9-20-32/h1-15,17-26,37,39,41-42,44,52H,16,27-30H2,(H,50,53)(H2,48,49,57)/t37?,39?,44-/m1/s1. The van der Waals surface area contributed by atoms with Crippen LogP contribution in [0.2, 0.25) is 0 Å². The number of benzene rings is 5. The Morgan fingerprint density at radius 2 is 1.18 bits per heavy atom. The lowest BCUT2D eigenvalue weighted by molar-refractivity contribution is -0.154. The number of para-hydroxylation sites is 1. The summed E-state index contributed by atoms with van der Waals surface area (Å²) in [4.78, 5) is 69.2. The summed E-state index contributed by atoms with van der Waals surface area (Å²) in [5.41, 5.74) is 3.81. The number of rotatable bonds is 16. The van der Waals surface area contributed by atoms with Crippen molar-refractivity contribution in [1.82, 2.24) is 15.5 Å². The number of nitrogens with zero attached hydrogens (tertiary/aromatic N) is 1. The summed E-state index contributed by atoms with van der Waals surface area (Å²) in [6, 6.07) is 43.1. The molecule has 0 aliphatic carbocycles. The van der Waals surface area contributed by atoms with Gasteiger partial charge in [0.1, 0.15) is 23.2 Å². The van der Waals surface area contributed by atoms with Gasteiger partial charge in [0.2, 0.25) is 5.91 Å². The van der Waals surface area contributed by atoms with Crippen LogP contribution >= 0.6 is 11.8 Å². The largest absolute Gasteiger partial charge is 0.451 e. The number of urea groups is 1. The molecular weight excluding hydrogens is 781 g/mol. The first-order valence-electron chi connectivity index (χ1n) is 19.6. The molecule has 3 atom stereocenters. The van der Waals surface area contributed by atoms with Gasteiger partial charge in [0, 0.05) is 17.9 Å². The summed E-state index contributed by atoms with van der Waals surface area (Å²) >= 11 is 1.32. The minimum absolute atomic E-state index is 0.0286. The van der Waals surface area contributed by atoms with Gasteiger partial charge in [-0.05, 0) is 52.8 Å². The second-order valence-electron chi connectivity index (χ2n) is 14.2. The zero-order valence-electron chi connectivity index (χ0n) is 32.5. The van der Waals surface area contributed by atoms with E-state index in [1.54, 1.807) is 24.3 Å². The number of carbonyl (C=O) groups excluding carboxylic acids is 5. The number of nitrogens with one attached hydrogen (secondary N) is 3. The average Bonchev–Trinajstić information content (AvgIpc) is 3.29. The number of amides is 4. The van der Waals surface area contributed by atoms with Crippen molar-refractivity contribution in [1.29, 1.82) is 0 Å². The predicted octanol–water partition coefficient (Wildman–Crippen LogP) is 6.66. The second-order valence-corrected chi connectivity index (χ2v) is 15.3. The van der Waals surface area contributed by atoms with Crippen LogP contribution in [0.15, 0.2) is 163 Å². The van der Waals surface area contributed by atoms with E-state index in [-0.39, 0.29) is 30.7 Å². The lowest BCUT2D eigenvalue weighted by atomic mass is 10.0. The van der Waals surface area contributed by atoms with E-state index in [0.29, 0.717) is 11.3 Å². The molecule has 0 bridgehead atoms. The minimum Gasteiger partial charge on any atom is -0.451 e. The summed E-state index contributed by atoms with van der Waals surface area (Å²) in [6.07, 6.45) is -1.38. The zero-order valence-corrected chi connectivity index (χ0v) is 33.3. The van der Waals surface area contributed by atoms with Crippen molar-refractivity contribution in [2.75, 3.05) is 17.7 Å². The van der Waals surface area contributed by atoms with Crippen LogP contribution in [0.4, 0.5) is 10.5 Å². The van der Waals surface area contributed by atoms with E-state index in [0.717, 1.165) is 22.3 Å². The van der Waals surface area contributed by atoms with Crippen molar-refractivity contribution in [2.24, 2.45) is 0 Å². The number of fused-ring (bicyclic) bond motifs is 1. The Morgan fingerprint density at radius 3 is 1.68 bits per heavy atom. The number of esters is 2. The summed E-state index contributed by atoms with van der Waals surface area (Å²) in [5.74, 6) is -2.16. The first kappa shape index (κ1) is 41.5. The first-order chi connectivity index (χ1) is 29.3. The third kappa shape index (κ3) is 9.93. The molecule has 4 N–H and O–H groups in total. The SMILES string of the molecule is O=C(CCCC(NC(=O)Nc1ccccc1)C(=O)OC(c1ccccc1)c1ccccc1)NC1C(=O)N2C(C(=O)OC(c3ccccc3)c3ccccc3)=C(CO)CS[C@H]12. The van der Waals surface area contributed by atoms with Crippen LogP contribution in [0.25, 0.3) is 0 Å². The Bertz CT molecular complexity index is 2220. The van der Waals surface area contributed by atoms with Crippen LogP contribution < -0.4 is 16.0 Å². The molecule has 5 aromatic rings. The van der Waals surface area contributed by atoms with E-state index >= 15 is 0 Å². The van der Waals surface area contributed by atoms with E-state index in [9.17, 15) is 29.1 Å². The number of aliphatic hydroxyl groups is 1. The van der Waals surface area contributed by atoms with Gasteiger partial charge in [-0.15, -0.1) is 11.8 Å². The highest BCUT2D eigenvalue weighted by Crippen LogP contribution is 2.41. The van der Waals surface area contributed by atoms with Gasteiger partial charge in [0.15, 0.2) is 12.2 Å². The average molecular weight is 825 g/mol. The molecule has 4 amide bonds. The monoisotopic (exact) mass is 824 g/mol. The molecule has 1 saturated heterocycles. The molecule has 13 heteroatoms. The van der Waals surface area contributed by atoms with E-state index in [4.69, 9.17) is 9.47 Å². The van der Waals surface area contributed by atoms with Gasteiger partial charge in [-0.2, -0.15) is 0 Å². The Morgan fingerprint density at radius 1 is 0.700 bits per heavy atom. The molecule has 0 spiro atoms. The highest BCUT2D eigenvalue weighted by Gasteiger charge is 2.54. The van der Waals surface area contributed by atoms with Crippen molar-refractivity contribution in [3.63, 3.8) is 0 Å². The third-order valence-corrected chi connectivity index (χ3v) is 11.5. The number of hydrogen-bond acceptors (Lipinski definition) is 9. The highest BCUT2D eigenvalue weighted by molar-refractivity contribution is 8.00. The quantitative estimate of drug-likeness (QED) is 0.0630. The maximum absolute atomic E-state index is 13.9. The van der Waals surface area contributed by atoms with Gasteiger partial charge in [-0.1, -0.05) is 140 Å². The number of anilines is 1. The van der Waals surface area contributed by atoms with Gasteiger partial charge in [-0.3, -0.25) is 14.5 Å². The molecule has 0 radical (unpaired) electrons. The molecule has 0 aromatic heterocycles. The normalized spacial score (nSPS) is 16.3. The molecule has 306 valence electrons. The lowest BCUT2D eigenvalue weighted by Gasteiger charge is -2.49. The molecule has 2 aliphatic heterocycles. The first-order valence-corrected chi connectivity index (χ1v) is 20.7. The Labute approximate surface area is 352 Å². The van der Waals surface area contributed by atoms with E-state index in [1.807, 2.05) is 127 Å². The fourth-order valence-corrected chi connectivity index (χ4v) is 8.47. The number of hydrogen-bond donors (Lipinski definition) is 4. The molecule has 60 heavy (non-hydrogen) atoms. The summed E-state index contributed by atoms with van der Waals surface area (Å²) in [7, 11) is 0. The Kier molecular flexibility index (Phi) is 13.7. The second kappa shape index (κ2) is 19.8. The minimum atomic E-state index is -1.13. The van der Waals surface area contributed by atoms with Crippen molar-refractivity contribution in [3.8, 4) is 0 Å². The topological polar surface area (TPSA) is 163 Å². The van der Waals surface area contributed by atoms with Gasteiger partial charge >= 0.3 is 18.0 Å². The van der Waals surface area contributed by atoms with E-state index in [2.05, 4.69) is 16.0 Å². The maximum Gasteiger partial charge on any atom is 0.356 e. The number of carbonyl (C=O) groups is 5. The number of β-lactam (4-membered cyclic amide) rings is 1. The van der Waals surface area contributed by atoms with Crippen LogP contribution in [-0.4, -0.2) is 69.6 Å². The lowest BCUT2D eigenvalue weighted by Crippen LogP contribution is -2.70. The van der Waals surface area contributed by atoms with E-state index in [1.165, 1.54) is 16.7 Å². The highest BCUT2D eigenvalue weighted by atomic mass is 32.2. The molecule has 12 nitrogen and oxygen atoms in total. The van der Waals surface area contributed by atoms with Crippen molar-refractivity contribution in [3.05, 3.63) is 185 Å². The van der Waals surface area contributed by atoms with Gasteiger partial charge in [0.05, 0.1) is 6.61 Å². The molecular formula is C47H44N4O8S. The Balaban J connectivity index is 1.00. The van der Waals surface area contributed by atoms with Gasteiger partial charge < -0.3 is 30.5 Å². The van der Waals surface area contributed by atoms with Crippen LogP contribution in [0.5, 0.6) is 0 Å². The zero-order chi connectivity index (χ0) is 41.8. The Hall–Kier alpha value is -6.70. The van der Waals surface area contributed by atoms with Gasteiger partial charge in [-0.25, -0.2) is 14.4 Å². The van der Waals surface area contributed by atoms with Crippen molar-refractivity contribution in [2.45, 2.75) is 48.9 Å². The number of ether oxygens (including phenoxy) is 2. The van der Waals surface area contributed by atoms with Crippen LogP contribution in [0.1, 0.15) is 53.7 Å². The molecule has 5 aromatic carbocycles. The fourth-order valence-electron chi connectivity index (χ4n) is 7.13. The summed E-state index contributed by atoms with van der Waals surface area (Å²) < 4.78 is 12.2. The molecule has 2 heterocycles. The maximum atomic E-state index is 13.9. The van der Waals surface area contributed by atoms with Crippen LogP contribution in [0.3, 0.4) is 0 Å². The third-order valence-electron chi connectivity index (χ3n) is 10.1. The summed E-state index contributed by atoms with van der Waals surface area (Å²) in [6.45, 7) is -0.454. The van der Waals surface area contributed by atoms with Crippen molar-refractivity contribution >= 4 is 47.2 Å². The molecule has 7 rings (SSSR count). The molecule has 2 aliphatic rings.